The Morgan fingerprint density at radius 2 is 1.57 bits per heavy atom. The SMILES string of the molecule is CCN1CCCCCN(S(=O)(=O)c2ccccc2F)[C@H](Cc2ccccc2)COc2ccccc2C1=O. The fourth-order valence-corrected chi connectivity index (χ4v) is 6.40. The molecule has 1 aliphatic rings. The molecule has 0 spiro atoms. The summed E-state index contributed by atoms with van der Waals surface area (Å²) >= 11 is 0. The number of amides is 1. The number of carbonyl (C=O) groups excluding carboxylic acids is 1. The number of sulfonamides is 1. The summed E-state index contributed by atoms with van der Waals surface area (Å²) < 4.78 is 50.0. The zero-order valence-corrected chi connectivity index (χ0v) is 21.9. The number of benzene rings is 3. The summed E-state index contributed by atoms with van der Waals surface area (Å²) in [5.41, 5.74) is 1.39. The molecule has 1 atom stereocenters. The minimum absolute atomic E-state index is 0.0129. The third kappa shape index (κ3) is 6.37. The second kappa shape index (κ2) is 12.3. The Kier molecular flexibility index (Phi) is 8.95. The molecule has 3 aromatic carbocycles. The molecule has 8 heteroatoms. The molecule has 1 amide bonds. The van der Waals surface area contributed by atoms with Crippen molar-refractivity contribution in [2.75, 3.05) is 26.2 Å². The monoisotopic (exact) mass is 524 g/mol. The van der Waals surface area contributed by atoms with E-state index >= 15 is 0 Å². The Bertz CT molecular complexity index is 1300. The molecule has 196 valence electrons. The van der Waals surface area contributed by atoms with Crippen LogP contribution in [-0.4, -0.2) is 55.8 Å². The maximum atomic E-state index is 14.7. The Morgan fingerprint density at radius 3 is 2.32 bits per heavy atom. The van der Waals surface area contributed by atoms with Gasteiger partial charge in [0.15, 0.2) is 0 Å². The molecule has 1 aliphatic heterocycles. The van der Waals surface area contributed by atoms with Crippen LogP contribution in [0.5, 0.6) is 5.75 Å². The standard InChI is InChI=1S/C29H33FN2O4S/c1-2-31-19-11-4-12-20-32(37(34,35)28-18-10-8-16-26(28)30)24(21-23-13-5-3-6-14-23)22-36-27-17-9-7-15-25(27)29(31)33/h3,5-10,13-18,24H,2,4,11-12,19-22H2,1H3/t24-/m1/s1. The van der Waals surface area contributed by atoms with Gasteiger partial charge >= 0.3 is 0 Å². The van der Waals surface area contributed by atoms with E-state index in [0.29, 0.717) is 37.2 Å². The molecule has 0 radical (unpaired) electrons. The molecule has 0 aromatic heterocycles. The third-order valence-corrected chi connectivity index (χ3v) is 8.65. The van der Waals surface area contributed by atoms with Crippen molar-refractivity contribution in [2.24, 2.45) is 0 Å². The first-order valence-electron chi connectivity index (χ1n) is 12.7. The molecule has 0 unspecified atom stereocenters. The number of halogens is 1. The van der Waals surface area contributed by atoms with Gasteiger partial charge in [0.1, 0.15) is 23.1 Å². The molecule has 0 N–H and O–H groups in total. The summed E-state index contributed by atoms with van der Waals surface area (Å²) in [4.78, 5) is 14.7. The highest BCUT2D eigenvalue weighted by atomic mass is 32.2. The first-order chi connectivity index (χ1) is 17.9. The van der Waals surface area contributed by atoms with Crippen LogP contribution < -0.4 is 4.74 Å². The van der Waals surface area contributed by atoms with E-state index in [1.807, 2.05) is 37.3 Å². The highest BCUT2D eigenvalue weighted by Gasteiger charge is 2.34. The molecule has 4 rings (SSSR count). The van der Waals surface area contributed by atoms with Crippen molar-refractivity contribution in [3.8, 4) is 5.75 Å². The molecular weight excluding hydrogens is 491 g/mol. The fourth-order valence-electron chi connectivity index (χ4n) is 4.69. The quantitative estimate of drug-likeness (QED) is 0.463. The van der Waals surface area contributed by atoms with Gasteiger partial charge in [-0.05, 0) is 56.0 Å². The minimum atomic E-state index is -4.16. The van der Waals surface area contributed by atoms with Crippen LogP contribution in [0.2, 0.25) is 0 Å². The Hall–Kier alpha value is -3.23. The highest BCUT2D eigenvalue weighted by Crippen LogP contribution is 2.27. The summed E-state index contributed by atoms with van der Waals surface area (Å²) in [5, 5.41) is 0. The average molecular weight is 525 g/mol. The maximum absolute atomic E-state index is 14.7. The van der Waals surface area contributed by atoms with Crippen molar-refractivity contribution in [3.63, 3.8) is 0 Å². The van der Waals surface area contributed by atoms with Gasteiger partial charge in [-0.25, -0.2) is 12.8 Å². The molecular formula is C29H33FN2O4S. The molecule has 3 aromatic rings. The van der Waals surface area contributed by atoms with Gasteiger partial charge in [-0.2, -0.15) is 4.31 Å². The fraction of sp³-hybridized carbons (Fsp3) is 0.345. The topological polar surface area (TPSA) is 66.9 Å². The summed E-state index contributed by atoms with van der Waals surface area (Å²) in [6, 6.07) is 21.5. The van der Waals surface area contributed by atoms with E-state index in [-0.39, 0.29) is 24.0 Å². The normalized spacial score (nSPS) is 18.2. The highest BCUT2D eigenvalue weighted by molar-refractivity contribution is 7.89. The van der Waals surface area contributed by atoms with Crippen molar-refractivity contribution in [3.05, 3.63) is 95.8 Å². The minimum Gasteiger partial charge on any atom is -0.491 e. The van der Waals surface area contributed by atoms with Crippen LogP contribution in [0.3, 0.4) is 0 Å². The van der Waals surface area contributed by atoms with Crippen LogP contribution in [0.15, 0.2) is 83.8 Å². The van der Waals surface area contributed by atoms with Crippen LogP contribution >= 0.6 is 0 Å². The molecule has 0 saturated heterocycles. The zero-order valence-electron chi connectivity index (χ0n) is 21.1. The van der Waals surface area contributed by atoms with E-state index in [1.54, 1.807) is 29.2 Å². The van der Waals surface area contributed by atoms with E-state index in [4.69, 9.17) is 4.74 Å². The van der Waals surface area contributed by atoms with Gasteiger partial charge in [-0.3, -0.25) is 4.79 Å². The maximum Gasteiger partial charge on any atom is 0.257 e. The smallest absolute Gasteiger partial charge is 0.257 e. The molecule has 0 fully saturated rings. The van der Waals surface area contributed by atoms with Crippen LogP contribution in [0.1, 0.15) is 42.1 Å². The lowest BCUT2D eigenvalue weighted by molar-refractivity contribution is 0.0757. The van der Waals surface area contributed by atoms with Crippen molar-refractivity contribution < 1.29 is 22.3 Å². The summed E-state index contributed by atoms with van der Waals surface area (Å²) in [5.74, 6) is -0.474. The number of nitrogens with zero attached hydrogens (tertiary/aromatic N) is 2. The van der Waals surface area contributed by atoms with Crippen LogP contribution in [0, 0.1) is 5.82 Å². The van der Waals surface area contributed by atoms with Crippen LogP contribution in [-0.2, 0) is 16.4 Å². The molecule has 0 saturated carbocycles. The van der Waals surface area contributed by atoms with Gasteiger partial charge in [0.05, 0.1) is 11.6 Å². The Morgan fingerprint density at radius 1 is 0.892 bits per heavy atom. The first-order valence-corrected chi connectivity index (χ1v) is 14.2. The first kappa shape index (κ1) is 26.8. The second-order valence-electron chi connectivity index (χ2n) is 9.14. The van der Waals surface area contributed by atoms with Crippen molar-refractivity contribution >= 4 is 15.9 Å². The Labute approximate surface area is 218 Å². The molecule has 0 bridgehead atoms. The molecule has 1 heterocycles. The summed E-state index contributed by atoms with van der Waals surface area (Å²) in [6.07, 6.45) is 2.43. The molecule has 0 aliphatic carbocycles. The number of rotatable bonds is 5. The number of ether oxygens (including phenoxy) is 1. The molecule has 6 nitrogen and oxygen atoms in total. The van der Waals surface area contributed by atoms with Crippen molar-refractivity contribution in [2.45, 2.75) is 43.5 Å². The van der Waals surface area contributed by atoms with E-state index in [2.05, 4.69) is 0 Å². The lowest BCUT2D eigenvalue weighted by Gasteiger charge is -2.31. The van der Waals surface area contributed by atoms with E-state index in [0.717, 1.165) is 24.5 Å². The summed E-state index contributed by atoms with van der Waals surface area (Å²) in [6.45, 7) is 3.31. The van der Waals surface area contributed by atoms with Gasteiger partial charge in [0, 0.05) is 19.6 Å². The van der Waals surface area contributed by atoms with E-state index in [1.165, 1.54) is 22.5 Å². The van der Waals surface area contributed by atoms with Gasteiger partial charge in [-0.15, -0.1) is 0 Å². The van der Waals surface area contributed by atoms with Crippen LogP contribution in [0.25, 0.3) is 0 Å². The van der Waals surface area contributed by atoms with Crippen molar-refractivity contribution in [1.82, 2.24) is 9.21 Å². The number of hydrogen-bond acceptors (Lipinski definition) is 4. The third-order valence-electron chi connectivity index (χ3n) is 6.67. The van der Waals surface area contributed by atoms with Gasteiger partial charge < -0.3 is 9.64 Å². The summed E-state index contributed by atoms with van der Waals surface area (Å²) in [7, 11) is -4.16. The number of para-hydroxylation sites is 1. The van der Waals surface area contributed by atoms with Crippen LogP contribution in [0.4, 0.5) is 4.39 Å². The largest absolute Gasteiger partial charge is 0.491 e. The second-order valence-corrected chi connectivity index (χ2v) is 11.0. The number of carbonyl (C=O) groups is 1. The van der Waals surface area contributed by atoms with Crippen molar-refractivity contribution in [1.29, 1.82) is 0 Å². The number of fused-ring (bicyclic) bond motifs is 1. The van der Waals surface area contributed by atoms with E-state index < -0.39 is 21.9 Å². The van der Waals surface area contributed by atoms with E-state index in [9.17, 15) is 17.6 Å². The predicted molar refractivity (Wildman–Crippen MR) is 142 cm³/mol. The zero-order chi connectivity index (χ0) is 26.3. The van der Waals surface area contributed by atoms with Gasteiger partial charge in [-0.1, -0.05) is 61.0 Å². The van der Waals surface area contributed by atoms with Gasteiger partial charge in [0.2, 0.25) is 10.0 Å². The van der Waals surface area contributed by atoms with Gasteiger partial charge in [0.25, 0.3) is 5.91 Å². The average Bonchev–Trinajstić information content (AvgIpc) is 2.92. The predicted octanol–water partition coefficient (Wildman–Crippen LogP) is 5.15. The Balaban J connectivity index is 1.76. The lowest BCUT2D eigenvalue weighted by atomic mass is 10.1. The lowest BCUT2D eigenvalue weighted by Crippen LogP contribution is -2.45. The molecule has 37 heavy (non-hydrogen) atoms. The number of hydrogen-bond donors (Lipinski definition) is 0.